The van der Waals surface area contributed by atoms with Gasteiger partial charge in [0.2, 0.25) is 10.0 Å². The third-order valence-electron chi connectivity index (χ3n) is 4.86. The van der Waals surface area contributed by atoms with Crippen LogP contribution >= 0.6 is 23.4 Å². The molecule has 1 aliphatic heterocycles. The van der Waals surface area contributed by atoms with Crippen LogP contribution in [0.1, 0.15) is 18.5 Å². The number of rotatable bonds is 8. The third kappa shape index (κ3) is 6.14. The quantitative estimate of drug-likeness (QED) is 0.578. The van der Waals surface area contributed by atoms with Crippen molar-refractivity contribution in [3.63, 3.8) is 0 Å². The molecule has 7 nitrogen and oxygen atoms in total. The number of nitrogens with one attached hydrogen (secondary N) is 1. The van der Waals surface area contributed by atoms with E-state index in [1.807, 2.05) is 37.4 Å². The summed E-state index contributed by atoms with van der Waals surface area (Å²) in [4.78, 5) is 13.5. The van der Waals surface area contributed by atoms with Crippen LogP contribution in [-0.2, 0) is 19.6 Å². The van der Waals surface area contributed by atoms with Gasteiger partial charge in [0.15, 0.2) is 6.61 Å². The number of nitrogens with zero attached hydrogens (tertiary/aromatic N) is 1. The molecule has 0 aliphatic carbocycles. The molecular weight excluding hydrogens is 460 g/mol. The minimum atomic E-state index is -3.65. The van der Waals surface area contributed by atoms with Gasteiger partial charge in [-0.2, -0.15) is 4.31 Å². The number of morpholine rings is 1. The van der Waals surface area contributed by atoms with Crippen LogP contribution in [0.5, 0.6) is 5.75 Å². The van der Waals surface area contributed by atoms with Crippen molar-refractivity contribution in [2.24, 2.45) is 0 Å². The zero-order valence-electron chi connectivity index (χ0n) is 17.3. The fourth-order valence-corrected chi connectivity index (χ4v) is 5.24. The van der Waals surface area contributed by atoms with Gasteiger partial charge in [0, 0.05) is 18.0 Å². The second-order valence-electron chi connectivity index (χ2n) is 6.96. The Morgan fingerprint density at radius 3 is 2.52 bits per heavy atom. The number of hydrogen-bond acceptors (Lipinski definition) is 6. The number of benzene rings is 2. The van der Waals surface area contributed by atoms with Gasteiger partial charge in [-0.25, -0.2) is 8.42 Å². The number of carbonyl (C=O) groups is 1. The maximum atomic E-state index is 12.7. The lowest BCUT2D eigenvalue weighted by Crippen LogP contribution is -2.40. The van der Waals surface area contributed by atoms with Crippen molar-refractivity contribution < 1.29 is 22.7 Å². The Bertz CT molecular complexity index is 1010. The molecule has 10 heteroatoms. The van der Waals surface area contributed by atoms with Crippen LogP contribution < -0.4 is 10.1 Å². The Hall–Kier alpha value is -1.78. The van der Waals surface area contributed by atoms with E-state index in [9.17, 15) is 13.2 Å². The SMILES string of the molecule is CSc1ccc(C(C)NC(=O)COc2ccc(S(=O)(=O)N3CCOCC3)cc2Cl)cc1. The summed E-state index contributed by atoms with van der Waals surface area (Å²) < 4.78 is 37.5. The Morgan fingerprint density at radius 2 is 1.90 bits per heavy atom. The van der Waals surface area contributed by atoms with E-state index in [4.69, 9.17) is 21.1 Å². The van der Waals surface area contributed by atoms with Crippen LogP contribution in [0.15, 0.2) is 52.3 Å². The highest BCUT2D eigenvalue weighted by Gasteiger charge is 2.27. The number of hydrogen-bond donors (Lipinski definition) is 1. The topological polar surface area (TPSA) is 84.9 Å². The van der Waals surface area contributed by atoms with Crippen molar-refractivity contribution in [2.45, 2.75) is 22.8 Å². The number of amides is 1. The molecule has 1 amide bonds. The molecule has 168 valence electrons. The summed E-state index contributed by atoms with van der Waals surface area (Å²) >= 11 is 7.88. The van der Waals surface area contributed by atoms with Crippen molar-refractivity contribution in [1.82, 2.24) is 9.62 Å². The zero-order chi connectivity index (χ0) is 22.4. The highest BCUT2D eigenvalue weighted by Crippen LogP contribution is 2.29. The second kappa shape index (κ2) is 10.7. The summed E-state index contributed by atoms with van der Waals surface area (Å²) in [6.45, 7) is 2.99. The average molecular weight is 485 g/mol. The predicted molar refractivity (Wildman–Crippen MR) is 121 cm³/mol. The van der Waals surface area contributed by atoms with Crippen molar-refractivity contribution in [2.75, 3.05) is 39.2 Å². The van der Waals surface area contributed by atoms with Gasteiger partial charge in [0.1, 0.15) is 5.75 Å². The van der Waals surface area contributed by atoms with Crippen molar-refractivity contribution >= 4 is 39.3 Å². The molecule has 1 aliphatic rings. The van der Waals surface area contributed by atoms with Gasteiger partial charge < -0.3 is 14.8 Å². The minimum Gasteiger partial charge on any atom is -0.482 e. The smallest absolute Gasteiger partial charge is 0.258 e. The summed E-state index contributed by atoms with van der Waals surface area (Å²) in [6, 6.07) is 12.0. The first kappa shape index (κ1) is 23.9. The van der Waals surface area contributed by atoms with Crippen LogP contribution in [0, 0.1) is 0 Å². The van der Waals surface area contributed by atoms with E-state index in [-0.39, 0.29) is 34.2 Å². The third-order valence-corrected chi connectivity index (χ3v) is 7.80. The maximum Gasteiger partial charge on any atom is 0.258 e. The zero-order valence-corrected chi connectivity index (χ0v) is 19.7. The van der Waals surface area contributed by atoms with Gasteiger partial charge in [-0.05, 0) is 49.1 Å². The lowest BCUT2D eigenvalue weighted by Gasteiger charge is -2.26. The Morgan fingerprint density at radius 1 is 1.23 bits per heavy atom. The summed E-state index contributed by atoms with van der Waals surface area (Å²) in [6.07, 6.45) is 2.01. The fourth-order valence-electron chi connectivity index (χ4n) is 3.10. The lowest BCUT2D eigenvalue weighted by molar-refractivity contribution is -0.123. The van der Waals surface area contributed by atoms with E-state index >= 15 is 0 Å². The molecule has 0 spiro atoms. The molecular formula is C21H25ClN2O5S2. The van der Waals surface area contributed by atoms with Crippen LogP contribution in [0.25, 0.3) is 0 Å². The van der Waals surface area contributed by atoms with Gasteiger partial charge in [0.05, 0.1) is 29.2 Å². The van der Waals surface area contributed by atoms with Gasteiger partial charge in [-0.3, -0.25) is 4.79 Å². The van der Waals surface area contributed by atoms with Crippen LogP contribution in [0.4, 0.5) is 0 Å². The molecule has 0 bridgehead atoms. The number of thioether (sulfide) groups is 1. The van der Waals surface area contributed by atoms with E-state index in [1.165, 1.54) is 22.5 Å². The number of carbonyl (C=O) groups excluding carboxylic acids is 1. The van der Waals surface area contributed by atoms with Crippen molar-refractivity contribution in [3.8, 4) is 5.75 Å². The van der Waals surface area contributed by atoms with Crippen LogP contribution in [0.2, 0.25) is 5.02 Å². The highest BCUT2D eigenvalue weighted by atomic mass is 35.5. The first-order valence-electron chi connectivity index (χ1n) is 9.75. The summed E-state index contributed by atoms with van der Waals surface area (Å²) in [5.41, 5.74) is 0.988. The Kier molecular flexibility index (Phi) is 8.23. The van der Waals surface area contributed by atoms with Crippen LogP contribution in [0.3, 0.4) is 0 Å². The van der Waals surface area contributed by atoms with Gasteiger partial charge in [-0.15, -0.1) is 11.8 Å². The molecule has 0 saturated carbocycles. The molecule has 1 heterocycles. The van der Waals surface area contributed by atoms with Crippen LogP contribution in [-0.4, -0.2) is 57.8 Å². The number of ether oxygens (including phenoxy) is 2. The van der Waals surface area contributed by atoms with Crippen molar-refractivity contribution in [1.29, 1.82) is 0 Å². The molecule has 2 aromatic carbocycles. The first-order chi connectivity index (χ1) is 14.8. The molecule has 1 atom stereocenters. The molecule has 1 N–H and O–H groups in total. The lowest BCUT2D eigenvalue weighted by atomic mass is 10.1. The van der Waals surface area contributed by atoms with Gasteiger partial charge in [-0.1, -0.05) is 23.7 Å². The summed E-state index contributed by atoms with van der Waals surface area (Å²) in [7, 11) is -3.65. The van der Waals surface area contributed by atoms with E-state index < -0.39 is 10.0 Å². The van der Waals surface area contributed by atoms with Gasteiger partial charge in [0.25, 0.3) is 5.91 Å². The monoisotopic (exact) mass is 484 g/mol. The molecule has 1 saturated heterocycles. The van der Waals surface area contributed by atoms with Crippen molar-refractivity contribution in [3.05, 3.63) is 53.1 Å². The largest absolute Gasteiger partial charge is 0.482 e. The normalized spacial score (nSPS) is 16.0. The average Bonchev–Trinajstić information content (AvgIpc) is 2.78. The molecule has 0 radical (unpaired) electrons. The van der Waals surface area contributed by atoms with Gasteiger partial charge >= 0.3 is 0 Å². The molecule has 2 aromatic rings. The summed E-state index contributed by atoms with van der Waals surface area (Å²) in [5, 5.41) is 3.00. The maximum absolute atomic E-state index is 12.7. The predicted octanol–water partition coefficient (Wildman–Crippen LogP) is 3.34. The number of halogens is 1. The van der Waals surface area contributed by atoms with E-state index in [0.717, 1.165) is 10.5 Å². The molecule has 1 fully saturated rings. The molecule has 0 aromatic heterocycles. The second-order valence-corrected chi connectivity index (χ2v) is 10.2. The molecule has 1 unspecified atom stereocenters. The number of sulfonamides is 1. The molecule has 3 rings (SSSR count). The standard InChI is InChI=1S/C21H25ClN2O5S2/c1-15(16-3-5-17(30-2)6-4-16)23-21(25)14-29-20-8-7-18(13-19(20)22)31(26,27)24-9-11-28-12-10-24/h3-8,13,15H,9-12,14H2,1-2H3,(H,23,25). The highest BCUT2D eigenvalue weighted by molar-refractivity contribution is 7.98. The Balaban J connectivity index is 1.58. The van der Waals surface area contributed by atoms with E-state index in [2.05, 4.69) is 5.32 Å². The van der Waals surface area contributed by atoms with E-state index in [1.54, 1.807) is 11.8 Å². The minimum absolute atomic E-state index is 0.0820. The first-order valence-corrected chi connectivity index (χ1v) is 12.8. The molecule has 31 heavy (non-hydrogen) atoms. The summed E-state index contributed by atoms with van der Waals surface area (Å²) in [5.74, 6) is -0.0581. The fraction of sp³-hybridized carbons (Fsp3) is 0.381. The van der Waals surface area contributed by atoms with E-state index in [0.29, 0.717) is 26.3 Å². The Labute approximate surface area is 192 Å².